The van der Waals surface area contributed by atoms with E-state index in [9.17, 15) is 25.2 Å². The van der Waals surface area contributed by atoms with Crippen molar-refractivity contribution in [1.82, 2.24) is 0 Å². The quantitative estimate of drug-likeness (QED) is 0.364. The molecule has 0 N–H and O–H groups in total. The zero-order valence-electron chi connectivity index (χ0n) is 3.42. The smallest absolute Gasteiger partial charge is 2.00 e. The summed E-state index contributed by atoms with van der Waals surface area (Å²) in [5, 5.41) is 0. The van der Waals surface area contributed by atoms with Gasteiger partial charge in [0, 0.05) is 0 Å². The van der Waals surface area contributed by atoms with Crippen LogP contribution >= 0.6 is 7.81 Å². The summed E-state index contributed by atoms with van der Waals surface area (Å²) < 4.78 is 59.2. The van der Waals surface area contributed by atoms with Crippen LogP contribution in [0.15, 0.2) is 0 Å². The van der Waals surface area contributed by atoms with Gasteiger partial charge in [-0.25, -0.2) is 0 Å². The van der Waals surface area contributed by atoms with E-state index in [4.69, 9.17) is 0 Å². The first kappa shape index (κ1) is 12.3. The fraction of sp³-hybridized carbons (Fsp3) is 0. The maximum Gasteiger partial charge on any atom is 2.00 e. The molecule has 0 aromatic heterocycles. The molecule has 0 atom stereocenters. The molecule has 0 aliphatic rings. The van der Waals surface area contributed by atoms with Gasteiger partial charge in [-0.1, -0.05) is 0 Å². The Kier molecular flexibility index (Phi) is 2.75. The van der Waals surface area contributed by atoms with E-state index in [-0.39, 0.29) is 48.9 Å². The van der Waals surface area contributed by atoms with Gasteiger partial charge in [-0.15, -0.1) is 0 Å². The minimum atomic E-state index is -10.7. The topological polar surface area (TPSA) is 0 Å². The van der Waals surface area contributed by atoms with Gasteiger partial charge in [-0.2, -0.15) is 0 Å². The van der Waals surface area contributed by atoms with Crippen LogP contribution in [0, 0.1) is 0 Å². The van der Waals surface area contributed by atoms with Gasteiger partial charge in [-0.05, 0) is 0 Å². The van der Waals surface area contributed by atoms with Crippen LogP contribution in [0.25, 0.3) is 0 Å². The summed E-state index contributed by atoms with van der Waals surface area (Å²) in [6, 6.07) is 0. The number of rotatable bonds is 0. The number of hydrogen-bond donors (Lipinski definition) is 0. The van der Waals surface area contributed by atoms with Gasteiger partial charge >= 0.3 is 81.9 Å². The van der Waals surface area contributed by atoms with Crippen LogP contribution in [-0.4, -0.2) is 48.9 Å². The van der Waals surface area contributed by atoms with Gasteiger partial charge < -0.3 is 0 Å². The molecule has 8 heteroatoms. The summed E-state index contributed by atoms with van der Waals surface area (Å²) in [6.07, 6.45) is 0. The Balaban J connectivity index is 0. The van der Waals surface area contributed by atoms with Crippen molar-refractivity contribution < 1.29 is 25.2 Å². The van der Waals surface area contributed by atoms with Gasteiger partial charge in [0.05, 0.1) is 0 Å². The van der Waals surface area contributed by atoms with E-state index in [1.54, 1.807) is 0 Å². The molecule has 8 heavy (non-hydrogen) atoms. The molecule has 0 spiro atoms. The standard InChI is InChI=1S/Ba.F6P/c;1-7(2,3,4,5)6/q+2;-1. The fourth-order valence-electron chi connectivity index (χ4n) is 0. The van der Waals surface area contributed by atoms with Crippen LogP contribution in [-0.2, 0) is 0 Å². The molecule has 0 bridgehead atoms. The summed E-state index contributed by atoms with van der Waals surface area (Å²) in [7, 11) is -10.7. The maximum absolute atomic E-state index is 10.7. The zero-order valence-corrected chi connectivity index (χ0v) is 8.76. The van der Waals surface area contributed by atoms with Gasteiger partial charge in [0.1, 0.15) is 0 Å². The average Bonchev–Trinajstić information content (AvgIpc) is 0.592. The first-order valence-corrected chi connectivity index (χ1v) is 3.04. The Morgan fingerprint density at radius 1 is 0.625 bits per heavy atom. The minimum absolute atomic E-state index is 0. The first-order valence-electron chi connectivity index (χ1n) is 1.01. The molecule has 0 aliphatic heterocycles. The van der Waals surface area contributed by atoms with Crippen molar-refractivity contribution in [2.45, 2.75) is 0 Å². The van der Waals surface area contributed by atoms with Crippen LogP contribution in [0.3, 0.4) is 0 Å². The Morgan fingerprint density at radius 3 is 0.625 bits per heavy atom. The molecule has 0 rings (SSSR count). The molecule has 0 saturated heterocycles. The zero-order chi connectivity index (χ0) is 6.41. The second kappa shape index (κ2) is 1.79. The van der Waals surface area contributed by atoms with E-state index in [0.29, 0.717) is 0 Å². The number of halogens is 6. The molecule has 0 aromatic carbocycles. The Labute approximate surface area is 80.9 Å². The normalized spacial score (nSPS) is 20.2. The van der Waals surface area contributed by atoms with Gasteiger partial charge in [0.25, 0.3) is 0 Å². The van der Waals surface area contributed by atoms with E-state index in [1.807, 2.05) is 0 Å². The molecule has 0 fully saturated rings. The van der Waals surface area contributed by atoms with E-state index >= 15 is 0 Å². The first-order chi connectivity index (χ1) is 2.45. The van der Waals surface area contributed by atoms with E-state index in [0.717, 1.165) is 0 Å². The van der Waals surface area contributed by atoms with Crippen molar-refractivity contribution in [3.8, 4) is 0 Å². The molecule has 0 saturated carbocycles. The molecule has 0 aliphatic carbocycles. The summed E-state index contributed by atoms with van der Waals surface area (Å²) in [4.78, 5) is 0. The third kappa shape index (κ3) is 131. The third-order valence-corrected chi connectivity index (χ3v) is 0. The Bertz CT molecular complexity index is 67.1. The van der Waals surface area contributed by atoms with Crippen molar-refractivity contribution in [2.75, 3.05) is 0 Å². The van der Waals surface area contributed by atoms with Crippen molar-refractivity contribution in [3.05, 3.63) is 0 Å². The molecule has 0 nitrogen and oxygen atoms in total. The van der Waals surface area contributed by atoms with Gasteiger partial charge in [0.15, 0.2) is 0 Å². The molecular weight excluding hydrogens is 282 g/mol. The van der Waals surface area contributed by atoms with Crippen LogP contribution in [0.5, 0.6) is 0 Å². The Hall–Kier alpha value is 1.58. The molecular formula is BaF6P+. The van der Waals surface area contributed by atoms with Crippen LogP contribution in [0.2, 0.25) is 0 Å². The summed E-state index contributed by atoms with van der Waals surface area (Å²) >= 11 is 0. The van der Waals surface area contributed by atoms with Crippen molar-refractivity contribution in [3.63, 3.8) is 0 Å². The van der Waals surface area contributed by atoms with Crippen molar-refractivity contribution >= 4 is 56.7 Å². The van der Waals surface area contributed by atoms with Crippen LogP contribution in [0.1, 0.15) is 0 Å². The predicted octanol–water partition coefficient (Wildman–Crippen LogP) is 3.00. The molecule has 0 amide bonds. The summed E-state index contributed by atoms with van der Waals surface area (Å²) in [6.45, 7) is 0. The number of hydrogen-bond acceptors (Lipinski definition) is 0. The largest absolute Gasteiger partial charge is 2.00 e. The third-order valence-electron chi connectivity index (χ3n) is 0. The SMILES string of the molecule is F[P-](F)(F)(F)(F)F.[Ba+2]. The second-order valence-corrected chi connectivity index (χ2v) is 2.87. The van der Waals surface area contributed by atoms with Gasteiger partial charge in [0.2, 0.25) is 0 Å². The van der Waals surface area contributed by atoms with E-state index < -0.39 is 7.81 Å². The maximum atomic E-state index is 9.87. The van der Waals surface area contributed by atoms with Crippen LogP contribution in [0.4, 0.5) is 25.2 Å². The van der Waals surface area contributed by atoms with Gasteiger partial charge in [-0.3, -0.25) is 0 Å². The monoisotopic (exact) mass is 283 g/mol. The summed E-state index contributed by atoms with van der Waals surface area (Å²) in [5.74, 6) is 0. The van der Waals surface area contributed by atoms with Crippen molar-refractivity contribution in [1.29, 1.82) is 0 Å². The predicted molar refractivity (Wildman–Crippen MR) is 19.3 cm³/mol. The molecule has 0 aromatic rings. The van der Waals surface area contributed by atoms with E-state index in [1.165, 1.54) is 0 Å². The molecule has 0 radical (unpaired) electrons. The fourth-order valence-corrected chi connectivity index (χ4v) is 0. The average molecular weight is 282 g/mol. The summed E-state index contributed by atoms with van der Waals surface area (Å²) in [5.41, 5.74) is 0. The molecule has 48 valence electrons. The Morgan fingerprint density at radius 2 is 0.625 bits per heavy atom. The van der Waals surface area contributed by atoms with E-state index in [2.05, 4.69) is 0 Å². The van der Waals surface area contributed by atoms with Crippen LogP contribution < -0.4 is 0 Å². The minimum Gasteiger partial charge on any atom is 2.00 e. The molecule has 0 unspecified atom stereocenters. The molecule has 0 heterocycles. The second-order valence-electron chi connectivity index (χ2n) is 0.958. The van der Waals surface area contributed by atoms with Crippen molar-refractivity contribution in [2.24, 2.45) is 0 Å².